The lowest BCUT2D eigenvalue weighted by atomic mass is 10.1. The number of nitrogens with one attached hydrogen (secondary N) is 1. The summed E-state index contributed by atoms with van der Waals surface area (Å²) in [4.78, 5) is 25.6. The fraction of sp³-hybridized carbons (Fsp3) is 0.318. The molecular weight excluding hydrogens is 499 g/mol. The standard InChI is InChI=1S/C22H18ClF5N4O3/c1-11(22(26,27)28)35-18-10-17(32-21(34)31-7-3-2-4-19(31)30-32)15(25)9-13(18)20(33)29-16-6-5-12(24)8-14(16)23/h5-6,8-11H,2-4,7H2,1H3,(H,29,33)/t11-/m0/s1. The molecule has 7 nitrogen and oxygen atoms in total. The van der Waals surface area contributed by atoms with E-state index >= 15 is 4.39 Å². The SMILES string of the molecule is C[C@H](Oc1cc(-n2nc3n(c2=O)CCCC3)c(F)cc1C(=O)Nc1ccc(F)cc1Cl)C(F)(F)F. The van der Waals surface area contributed by atoms with E-state index in [4.69, 9.17) is 16.3 Å². The van der Waals surface area contributed by atoms with Gasteiger partial charge in [-0.05, 0) is 44.0 Å². The van der Waals surface area contributed by atoms with Crippen molar-refractivity contribution in [3.8, 4) is 11.4 Å². The van der Waals surface area contributed by atoms with Crippen molar-refractivity contribution >= 4 is 23.2 Å². The Hall–Kier alpha value is -3.41. The third-order valence-corrected chi connectivity index (χ3v) is 5.75. The van der Waals surface area contributed by atoms with Gasteiger partial charge in [0.1, 0.15) is 28.9 Å². The van der Waals surface area contributed by atoms with Crippen LogP contribution in [0.5, 0.6) is 5.75 Å². The molecule has 0 spiro atoms. The van der Waals surface area contributed by atoms with E-state index in [9.17, 15) is 27.2 Å². The molecule has 2 aromatic carbocycles. The molecule has 13 heteroatoms. The van der Waals surface area contributed by atoms with E-state index in [0.717, 1.165) is 41.8 Å². The lowest BCUT2D eigenvalue weighted by Crippen LogP contribution is -2.32. The molecule has 1 aromatic heterocycles. The zero-order chi connectivity index (χ0) is 25.5. The number of carbonyl (C=O) groups excluding carboxylic acids is 1. The van der Waals surface area contributed by atoms with E-state index in [2.05, 4.69) is 10.4 Å². The van der Waals surface area contributed by atoms with Gasteiger partial charge in [-0.15, -0.1) is 5.10 Å². The van der Waals surface area contributed by atoms with Gasteiger partial charge in [0.15, 0.2) is 6.10 Å². The van der Waals surface area contributed by atoms with Crippen LogP contribution in [0.25, 0.3) is 5.69 Å². The molecule has 0 saturated carbocycles. The van der Waals surface area contributed by atoms with Crippen LogP contribution in [0.3, 0.4) is 0 Å². The highest BCUT2D eigenvalue weighted by molar-refractivity contribution is 6.34. The van der Waals surface area contributed by atoms with Crippen molar-refractivity contribution in [2.75, 3.05) is 5.32 Å². The average molecular weight is 517 g/mol. The van der Waals surface area contributed by atoms with Crippen LogP contribution in [0.15, 0.2) is 35.1 Å². The van der Waals surface area contributed by atoms with Gasteiger partial charge < -0.3 is 10.1 Å². The Kier molecular flexibility index (Phi) is 6.58. The first-order valence-corrected chi connectivity index (χ1v) is 10.9. The normalized spacial score (nSPS) is 14.4. The second kappa shape index (κ2) is 9.33. The summed E-state index contributed by atoms with van der Waals surface area (Å²) in [6.45, 7) is 1.09. The summed E-state index contributed by atoms with van der Waals surface area (Å²) >= 11 is 5.89. The number of rotatable bonds is 5. The van der Waals surface area contributed by atoms with Crippen molar-refractivity contribution < 1.29 is 31.5 Å². The average Bonchev–Trinajstić information content (AvgIpc) is 3.12. The molecule has 3 aromatic rings. The zero-order valence-electron chi connectivity index (χ0n) is 18.1. The Morgan fingerprint density at radius 3 is 2.60 bits per heavy atom. The molecule has 2 heterocycles. The summed E-state index contributed by atoms with van der Waals surface area (Å²) in [7, 11) is 0. The van der Waals surface area contributed by atoms with Gasteiger partial charge in [0.25, 0.3) is 5.91 Å². The van der Waals surface area contributed by atoms with E-state index < -0.39 is 52.5 Å². The number of aryl methyl sites for hydroxylation is 1. The van der Waals surface area contributed by atoms with Crippen LogP contribution in [-0.4, -0.2) is 32.5 Å². The first kappa shape index (κ1) is 24.7. The molecule has 0 fully saturated rings. The van der Waals surface area contributed by atoms with Gasteiger partial charge in [-0.2, -0.15) is 17.9 Å². The number of hydrogen-bond donors (Lipinski definition) is 1. The fourth-order valence-electron chi connectivity index (χ4n) is 3.57. The maximum absolute atomic E-state index is 15.1. The molecule has 0 aliphatic carbocycles. The molecule has 1 aliphatic heterocycles. The molecule has 1 atom stereocenters. The minimum Gasteiger partial charge on any atom is -0.480 e. The smallest absolute Gasteiger partial charge is 0.425 e. The van der Waals surface area contributed by atoms with Crippen LogP contribution in [-0.2, 0) is 13.0 Å². The minimum atomic E-state index is -4.80. The third kappa shape index (κ3) is 5.02. The molecule has 1 aliphatic rings. The van der Waals surface area contributed by atoms with Gasteiger partial charge in [0.2, 0.25) is 0 Å². The van der Waals surface area contributed by atoms with E-state index in [0.29, 0.717) is 31.8 Å². The number of halogens is 6. The summed E-state index contributed by atoms with van der Waals surface area (Å²) in [5.74, 6) is -3.06. The number of fused-ring (bicyclic) bond motifs is 1. The highest BCUT2D eigenvalue weighted by Gasteiger charge is 2.39. The van der Waals surface area contributed by atoms with E-state index in [1.165, 1.54) is 4.57 Å². The van der Waals surface area contributed by atoms with Crippen LogP contribution in [0.2, 0.25) is 5.02 Å². The van der Waals surface area contributed by atoms with Crippen LogP contribution >= 0.6 is 11.6 Å². The van der Waals surface area contributed by atoms with Gasteiger partial charge in [0, 0.05) is 19.0 Å². The topological polar surface area (TPSA) is 78.2 Å². The molecule has 1 N–H and O–H groups in total. The summed E-state index contributed by atoms with van der Waals surface area (Å²) in [5, 5.41) is 6.21. The summed E-state index contributed by atoms with van der Waals surface area (Å²) in [6.07, 6.45) is -5.18. The number of aromatic nitrogens is 3. The van der Waals surface area contributed by atoms with E-state index in [1.54, 1.807) is 0 Å². The number of hydrogen-bond acceptors (Lipinski definition) is 4. The van der Waals surface area contributed by atoms with Gasteiger partial charge >= 0.3 is 11.9 Å². The third-order valence-electron chi connectivity index (χ3n) is 5.44. The monoisotopic (exact) mass is 516 g/mol. The highest BCUT2D eigenvalue weighted by Crippen LogP contribution is 2.32. The number of ether oxygens (including phenoxy) is 1. The molecule has 0 unspecified atom stereocenters. The van der Waals surface area contributed by atoms with Crippen LogP contribution in [0.1, 0.15) is 35.9 Å². The fourth-order valence-corrected chi connectivity index (χ4v) is 3.79. The molecule has 186 valence electrons. The maximum Gasteiger partial charge on any atom is 0.425 e. The number of alkyl halides is 3. The Morgan fingerprint density at radius 2 is 1.94 bits per heavy atom. The molecule has 0 bridgehead atoms. The lowest BCUT2D eigenvalue weighted by molar-refractivity contribution is -0.189. The number of anilines is 1. The lowest BCUT2D eigenvalue weighted by Gasteiger charge is -2.20. The highest BCUT2D eigenvalue weighted by atomic mass is 35.5. The van der Waals surface area contributed by atoms with Crippen molar-refractivity contribution in [2.45, 2.75) is 45.0 Å². The second-order valence-corrected chi connectivity index (χ2v) is 8.31. The number of nitrogens with zero attached hydrogens (tertiary/aromatic N) is 3. The molecular formula is C22H18ClF5N4O3. The number of carbonyl (C=O) groups is 1. The van der Waals surface area contributed by atoms with Gasteiger partial charge in [0.05, 0.1) is 16.3 Å². The molecule has 0 saturated heterocycles. The van der Waals surface area contributed by atoms with Crippen molar-refractivity contribution in [1.29, 1.82) is 0 Å². The quantitative estimate of drug-likeness (QED) is 0.490. The van der Waals surface area contributed by atoms with Crippen molar-refractivity contribution in [2.24, 2.45) is 0 Å². The summed E-state index contributed by atoms with van der Waals surface area (Å²) in [6, 6.07) is 4.51. The van der Waals surface area contributed by atoms with Crippen LogP contribution in [0.4, 0.5) is 27.6 Å². The summed E-state index contributed by atoms with van der Waals surface area (Å²) in [5.41, 5.74) is -1.79. The molecule has 4 rings (SSSR count). The maximum atomic E-state index is 15.1. The predicted octanol–water partition coefficient (Wildman–Crippen LogP) is 4.88. The Balaban J connectivity index is 1.79. The Morgan fingerprint density at radius 1 is 1.20 bits per heavy atom. The molecule has 0 radical (unpaired) electrons. The van der Waals surface area contributed by atoms with Crippen molar-refractivity contribution in [1.82, 2.24) is 14.3 Å². The number of benzene rings is 2. The van der Waals surface area contributed by atoms with Crippen molar-refractivity contribution in [3.05, 3.63) is 68.9 Å². The first-order valence-electron chi connectivity index (χ1n) is 10.5. The second-order valence-electron chi connectivity index (χ2n) is 7.90. The first-order chi connectivity index (χ1) is 16.5. The largest absolute Gasteiger partial charge is 0.480 e. The van der Waals surface area contributed by atoms with E-state index in [-0.39, 0.29) is 10.7 Å². The van der Waals surface area contributed by atoms with Crippen LogP contribution in [0, 0.1) is 11.6 Å². The molecule has 35 heavy (non-hydrogen) atoms. The zero-order valence-corrected chi connectivity index (χ0v) is 18.9. The number of amides is 1. The Labute approximate surface area is 200 Å². The molecule has 1 amide bonds. The van der Waals surface area contributed by atoms with Crippen molar-refractivity contribution in [3.63, 3.8) is 0 Å². The van der Waals surface area contributed by atoms with Gasteiger partial charge in [-0.25, -0.2) is 13.6 Å². The summed E-state index contributed by atoms with van der Waals surface area (Å²) < 4.78 is 75.1. The van der Waals surface area contributed by atoms with Crippen LogP contribution < -0.4 is 15.7 Å². The minimum absolute atomic E-state index is 0.0598. The predicted molar refractivity (Wildman–Crippen MR) is 116 cm³/mol. The Bertz CT molecular complexity index is 1350. The van der Waals surface area contributed by atoms with Gasteiger partial charge in [-0.1, -0.05) is 11.6 Å². The van der Waals surface area contributed by atoms with Gasteiger partial charge in [-0.3, -0.25) is 9.36 Å². The van der Waals surface area contributed by atoms with E-state index in [1.807, 2.05) is 0 Å².